The van der Waals surface area contributed by atoms with Crippen LogP contribution in [0.2, 0.25) is 0 Å². The van der Waals surface area contributed by atoms with Crippen LogP contribution < -0.4 is 5.73 Å². The molecule has 0 aliphatic rings. The third kappa shape index (κ3) is 1.58. The van der Waals surface area contributed by atoms with E-state index in [-0.39, 0.29) is 0 Å². The van der Waals surface area contributed by atoms with E-state index in [0.29, 0.717) is 6.54 Å². The fourth-order valence-electron chi connectivity index (χ4n) is 2.23. The average Bonchev–Trinajstić information content (AvgIpc) is 2.82. The van der Waals surface area contributed by atoms with Crippen molar-refractivity contribution >= 4 is 11.0 Å². The van der Waals surface area contributed by atoms with E-state index in [9.17, 15) is 0 Å². The highest BCUT2D eigenvalue weighted by Gasteiger charge is 2.12. The van der Waals surface area contributed by atoms with Crippen molar-refractivity contribution in [2.45, 2.75) is 13.5 Å². The van der Waals surface area contributed by atoms with Crippen LogP contribution in [0.4, 0.5) is 0 Å². The second-order valence-electron chi connectivity index (χ2n) is 4.28. The molecular weight excluding hydrogens is 224 g/mol. The number of hydrogen-bond donors (Lipinski definition) is 2. The fraction of sp³-hybridized carbons (Fsp3) is 0.143. The molecule has 4 nitrogen and oxygen atoms in total. The highest BCUT2D eigenvalue weighted by molar-refractivity contribution is 5.94. The summed E-state index contributed by atoms with van der Waals surface area (Å²) in [5, 5.41) is 1.02. The molecule has 2 aromatic heterocycles. The van der Waals surface area contributed by atoms with Crippen molar-refractivity contribution in [1.82, 2.24) is 15.0 Å². The second-order valence-corrected chi connectivity index (χ2v) is 4.28. The first-order valence-electron chi connectivity index (χ1n) is 5.88. The van der Waals surface area contributed by atoms with Crippen molar-refractivity contribution in [1.29, 1.82) is 0 Å². The number of benzene rings is 1. The molecule has 1 aromatic carbocycles. The van der Waals surface area contributed by atoms with E-state index in [1.165, 1.54) is 5.56 Å². The number of H-pyrrole nitrogens is 1. The molecule has 0 saturated heterocycles. The minimum atomic E-state index is 0.478. The Bertz CT molecular complexity index is 700. The Labute approximate surface area is 105 Å². The lowest BCUT2D eigenvalue weighted by Crippen LogP contribution is -1.97. The van der Waals surface area contributed by atoms with Crippen LogP contribution in [-0.4, -0.2) is 15.0 Å². The molecule has 0 bridgehead atoms. The summed E-state index contributed by atoms with van der Waals surface area (Å²) in [6.45, 7) is 2.56. The van der Waals surface area contributed by atoms with E-state index in [4.69, 9.17) is 5.73 Å². The Morgan fingerprint density at radius 2 is 2.06 bits per heavy atom. The molecule has 2 heterocycles. The van der Waals surface area contributed by atoms with Gasteiger partial charge in [-0.2, -0.15) is 0 Å². The molecule has 3 N–H and O–H groups in total. The molecule has 3 aromatic rings. The van der Waals surface area contributed by atoms with Gasteiger partial charge in [0.1, 0.15) is 12.0 Å². The molecular formula is C14H14N4. The molecule has 0 atom stereocenters. The Morgan fingerprint density at radius 1 is 1.22 bits per heavy atom. The van der Waals surface area contributed by atoms with Crippen molar-refractivity contribution in [3.05, 3.63) is 47.9 Å². The maximum atomic E-state index is 5.77. The highest BCUT2D eigenvalue weighted by Crippen LogP contribution is 2.29. The predicted octanol–water partition coefficient (Wildman–Crippen LogP) is 2.39. The van der Waals surface area contributed by atoms with Crippen molar-refractivity contribution in [2.75, 3.05) is 0 Å². The topological polar surface area (TPSA) is 67.6 Å². The molecule has 0 fully saturated rings. The molecule has 0 radical (unpaired) electrons. The number of fused-ring (bicyclic) bond motifs is 1. The van der Waals surface area contributed by atoms with Crippen LogP contribution in [0.5, 0.6) is 0 Å². The van der Waals surface area contributed by atoms with Gasteiger partial charge in [0.05, 0.1) is 5.69 Å². The van der Waals surface area contributed by atoms with Crippen LogP contribution in [0.25, 0.3) is 22.3 Å². The lowest BCUT2D eigenvalue weighted by Gasteiger charge is -2.07. The summed E-state index contributed by atoms with van der Waals surface area (Å²) in [5.41, 5.74) is 10.9. The van der Waals surface area contributed by atoms with Gasteiger partial charge in [-0.05, 0) is 18.1 Å². The number of rotatable bonds is 2. The van der Waals surface area contributed by atoms with Crippen LogP contribution in [0.1, 0.15) is 11.1 Å². The molecule has 0 saturated carbocycles. The van der Waals surface area contributed by atoms with Gasteiger partial charge in [0.2, 0.25) is 0 Å². The molecule has 3 rings (SSSR count). The maximum absolute atomic E-state index is 5.77. The Kier molecular flexibility index (Phi) is 2.57. The number of hydrogen-bond acceptors (Lipinski definition) is 3. The van der Waals surface area contributed by atoms with Crippen molar-refractivity contribution < 1.29 is 0 Å². The zero-order valence-electron chi connectivity index (χ0n) is 10.1. The zero-order valence-corrected chi connectivity index (χ0v) is 10.1. The molecule has 0 aliphatic carbocycles. The van der Waals surface area contributed by atoms with Crippen LogP contribution in [-0.2, 0) is 6.54 Å². The lowest BCUT2D eigenvalue weighted by molar-refractivity contribution is 1.08. The van der Waals surface area contributed by atoms with Gasteiger partial charge in [0.15, 0.2) is 0 Å². The van der Waals surface area contributed by atoms with Crippen LogP contribution in [0.3, 0.4) is 0 Å². The van der Waals surface area contributed by atoms with Crippen molar-refractivity contribution in [3.8, 4) is 11.3 Å². The molecule has 4 heteroatoms. The van der Waals surface area contributed by atoms with Gasteiger partial charge in [-0.25, -0.2) is 9.97 Å². The van der Waals surface area contributed by atoms with E-state index >= 15 is 0 Å². The summed E-state index contributed by atoms with van der Waals surface area (Å²) in [5.74, 6) is 0. The largest absolute Gasteiger partial charge is 0.346 e. The first-order chi connectivity index (χ1) is 8.81. The summed E-state index contributed by atoms with van der Waals surface area (Å²) in [6, 6.07) is 8.20. The number of nitrogens with one attached hydrogen (secondary N) is 1. The third-order valence-electron chi connectivity index (χ3n) is 3.17. The SMILES string of the molecule is Cc1ccccc1-c1ncnc2[nH]cc(CN)c12. The maximum Gasteiger partial charge on any atom is 0.141 e. The first kappa shape index (κ1) is 10.9. The number of aryl methyl sites for hydroxylation is 1. The molecule has 0 amide bonds. The van der Waals surface area contributed by atoms with Gasteiger partial charge in [-0.15, -0.1) is 0 Å². The second kappa shape index (κ2) is 4.23. The van der Waals surface area contributed by atoms with Gasteiger partial charge >= 0.3 is 0 Å². The van der Waals surface area contributed by atoms with Gasteiger partial charge in [-0.1, -0.05) is 24.3 Å². The van der Waals surface area contributed by atoms with Crippen molar-refractivity contribution in [2.24, 2.45) is 5.73 Å². The predicted molar refractivity (Wildman–Crippen MR) is 72.0 cm³/mol. The van der Waals surface area contributed by atoms with Gasteiger partial charge in [-0.3, -0.25) is 0 Å². The third-order valence-corrected chi connectivity index (χ3v) is 3.17. The quantitative estimate of drug-likeness (QED) is 0.720. The fourth-order valence-corrected chi connectivity index (χ4v) is 2.23. The monoisotopic (exact) mass is 238 g/mol. The molecule has 0 spiro atoms. The molecule has 0 unspecified atom stereocenters. The standard InChI is InChI=1S/C14H14N4/c1-9-4-2-3-5-11(9)13-12-10(6-15)7-16-14(12)18-8-17-13/h2-5,7-8H,6,15H2,1H3,(H,16,17,18). The van der Waals surface area contributed by atoms with Gasteiger partial charge < -0.3 is 10.7 Å². The zero-order chi connectivity index (χ0) is 12.5. The number of nitrogens with zero attached hydrogens (tertiary/aromatic N) is 2. The smallest absolute Gasteiger partial charge is 0.141 e. The van der Waals surface area contributed by atoms with E-state index in [2.05, 4.69) is 34.0 Å². The number of aromatic amines is 1. The summed E-state index contributed by atoms with van der Waals surface area (Å²) in [4.78, 5) is 11.8. The summed E-state index contributed by atoms with van der Waals surface area (Å²) in [6.07, 6.45) is 3.49. The summed E-state index contributed by atoms with van der Waals surface area (Å²) in [7, 11) is 0. The minimum Gasteiger partial charge on any atom is -0.346 e. The minimum absolute atomic E-state index is 0.478. The van der Waals surface area contributed by atoms with Gasteiger partial charge in [0.25, 0.3) is 0 Å². The Morgan fingerprint density at radius 3 is 2.83 bits per heavy atom. The average molecular weight is 238 g/mol. The first-order valence-corrected chi connectivity index (χ1v) is 5.88. The molecule has 18 heavy (non-hydrogen) atoms. The lowest BCUT2D eigenvalue weighted by atomic mass is 10.0. The van der Waals surface area contributed by atoms with Gasteiger partial charge in [0, 0.05) is 23.7 Å². The van der Waals surface area contributed by atoms with Crippen LogP contribution in [0.15, 0.2) is 36.8 Å². The highest BCUT2D eigenvalue weighted by atomic mass is 14.9. The number of aromatic nitrogens is 3. The number of nitrogens with two attached hydrogens (primary N) is 1. The van der Waals surface area contributed by atoms with Crippen LogP contribution >= 0.6 is 0 Å². The van der Waals surface area contributed by atoms with E-state index < -0.39 is 0 Å². The normalized spacial score (nSPS) is 11.0. The molecule has 90 valence electrons. The van der Waals surface area contributed by atoms with E-state index in [1.807, 2.05) is 18.3 Å². The molecule has 0 aliphatic heterocycles. The van der Waals surface area contributed by atoms with Crippen molar-refractivity contribution in [3.63, 3.8) is 0 Å². The Hall–Kier alpha value is -2.20. The summed E-state index contributed by atoms with van der Waals surface area (Å²) < 4.78 is 0. The summed E-state index contributed by atoms with van der Waals surface area (Å²) >= 11 is 0. The van der Waals surface area contributed by atoms with Crippen LogP contribution in [0, 0.1) is 6.92 Å². The Balaban J connectivity index is 2.35. The van der Waals surface area contributed by atoms with E-state index in [0.717, 1.165) is 27.9 Å². The van der Waals surface area contributed by atoms with E-state index in [1.54, 1.807) is 6.33 Å².